The summed E-state index contributed by atoms with van der Waals surface area (Å²) in [4.78, 5) is 6.40. The van der Waals surface area contributed by atoms with Crippen molar-refractivity contribution < 1.29 is 18.9 Å². The van der Waals surface area contributed by atoms with Crippen molar-refractivity contribution in [2.75, 3.05) is 11.9 Å². The molecule has 0 heterocycles. The molecule has 4 heteroatoms. The number of nitrogens with one attached hydrogen (secondary N) is 1. The van der Waals surface area contributed by atoms with E-state index in [-0.39, 0.29) is 24.4 Å². The number of fused-ring (bicyclic) bond motifs is 1. The van der Waals surface area contributed by atoms with Crippen LogP contribution >= 0.6 is 0 Å². The van der Waals surface area contributed by atoms with Crippen molar-refractivity contribution in [3.8, 4) is 0 Å². The molecule has 0 radical (unpaired) electrons. The van der Waals surface area contributed by atoms with E-state index >= 15 is 0 Å². The molecule has 0 fully saturated rings. The molecule has 28 heavy (non-hydrogen) atoms. The Morgan fingerprint density at radius 1 is 0.964 bits per heavy atom. The van der Waals surface area contributed by atoms with Crippen LogP contribution in [0.25, 0.3) is 10.8 Å². The number of hydrogen-bond donors (Lipinski definition) is 1. The fourth-order valence-electron chi connectivity index (χ4n) is 4.07. The number of hydrogen-bond acceptors (Lipinski definition) is 2. The zero-order chi connectivity index (χ0) is 19.7. The number of nitrogens with zero attached hydrogens (tertiary/aromatic N) is 1. The molecule has 0 aromatic heterocycles. The quantitative estimate of drug-likeness (QED) is 0.498. The van der Waals surface area contributed by atoms with Gasteiger partial charge in [-0.15, -0.1) is 40.2 Å². The Morgan fingerprint density at radius 3 is 2.14 bits per heavy atom. The van der Waals surface area contributed by atoms with Gasteiger partial charge in [-0.3, -0.25) is 0 Å². The summed E-state index contributed by atoms with van der Waals surface area (Å²) in [5.74, 6) is 0. The first-order valence-corrected chi connectivity index (χ1v) is 13.1. The minimum Gasteiger partial charge on any atom is -0.392 e. The van der Waals surface area contributed by atoms with Crippen LogP contribution in [0.3, 0.4) is 0 Å². The average molecular weight is 385 g/mol. The maximum absolute atomic E-state index is 4.09. The van der Waals surface area contributed by atoms with E-state index in [1.54, 1.807) is 0 Å². The third-order valence-electron chi connectivity index (χ3n) is 6.13. The van der Waals surface area contributed by atoms with Crippen molar-refractivity contribution in [3.63, 3.8) is 0 Å². The minimum atomic E-state index is -1.82. The number of rotatable bonds is 7. The molecule has 3 aromatic carbocycles. The molecule has 1 N–H and O–H groups in total. The second-order valence-corrected chi connectivity index (χ2v) is 12.4. The monoisotopic (exact) mass is 384 g/mol. The van der Waals surface area contributed by atoms with Crippen LogP contribution in [0.15, 0.2) is 60.7 Å². The predicted molar refractivity (Wildman–Crippen MR) is 123 cm³/mol. The van der Waals surface area contributed by atoms with Gasteiger partial charge in [0.25, 0.3) is 0 Å². The van der Waals surface area contributed by atoms with Crippen molar-refractivity contribution >= 4 is 35.6 Å². The van der Waals surface area contributed by atoms with E-state index in [1.165, 1.54) is 27.3 Å². The molecule has 144 valence electrons. The Labute approximate surface area is 184 Å². The molecule has 2 nitrogen and oxygen atoms in total. The summed E-state index contributed by atoms with van der Waals surface area (Å²) in [7, 11) is 0.348. The topological polar surface area (TPSA) is 15.3 Å². The van der Waals surface area contributed by atoms with Crippen LogP contribution in [0.4, 0.5) is 11.4 Å². The van der Waals surface area contributed by atoms with Gasteiger partial charge in [-0.1, -0.05) is 56.9 Å². The van der Waals surface area contributed by atoms with E-state index in [4.69, 9.17) is 0 Å². The SMILES string of the molecule is CCC(C)(CC)N[Si](C)(C)[c-]1cc(N(C)c2ccccc2)c2ccccc21.[Li+]. The van der Waals surface area contributed by atoms with Crippen LogP contribution < -0.4 is 33.9 Å². The average Bonchev–Trinajstić information content (AvgIpc) is 3.08. The van der Waals surface area contributed by atoms with Crippen LogP contribution in [0, 0.1) is 0 Å². The maximum atomic E-state index is 4.09. The molecule has 0 bridgehead atoms. The number of para-hydroxylation sites is 1. The van der Waals surface area contributed by atoms with Crippen molar-refractivity contribution in [2.45, 2.75) is 52.2 Å². The molecule has 0 aliphatic rings. The first-order chi connectivity index (χ1) is 12.8. The zero-order valence-corrected chi connectivity index (χ0v) is 19.6. The van der Waals surface area contributed by atoms with Crippen LogP contribution in [-0.2, 0) is 0 Å². The maximum Gasteiger partial charge on any atom is 1.00 e. The van der Waals surface area contributed by atoms with Crippen LogP contribution in [-0.4, -0.2) is 20.8 Å². The van der Waals surface area contributed by atoms with Crippen molar-refractivity contribution in [3.05, 3.63) is 60.7 Å². The van der Waals surface area contributed by atoms with Crippen LogP contribution in [0.1, 0.15) is 33.6 Å². The van der Waals surface area contributed by atoms with Gasteiger partial charge in [-0.25, -0.2) is 0 Å². The van der Waals surface area contributed by atoms with E-state index in [0.717, 1.165) is 12.8 Å². The molecule has 0 atom stereocenters. The molecule has 0 aliphatic heterocycles. The predicted octanol–water partition coefficient (Wildman–Crippen LogP) is 2.91. The van der Waals surface area contributed by atoms with Gasteiger partial charge in [0.05, 0.1) is 0 Å². The Balaban J connectivity index is 0.00000280. The largest absolute Gasteiger partial charge is 1.00 e. The number of benzene rings is 2. The Morgan fingerprint density at radius 2 is 1.54 bits per heavy atom. The summed E-state index contributed by atoms with van der Waals surface area (Å²) in [5, 5.41) is 4.24. The van der Waals surface area contributed by atoms with E-state index in [0.29, 0.717) is 0 Å². The molecule has 0 spiro atoms. The summed E-state index contributed by atoms with van der Waals surface area (Å²) in [6.45, 7) is 11.8. The second kappa shape index (κ2) is 8.97. The van der Waals surface area contributed by atoms with Gasteiger partial charge in [0.1, 0.15) is 8.24 Å². The third kappa shape index (κ3) is 4.44. The normalized spacial score (nSPS) is 12.1. The summed E-state index contributed by atoms with van der Waals surface area (Å²) in [5.41, 5.74) is 2.71. The number of anilines is 2. The van der Waals surface area contributed by atoms with Crippen LogP contribution in [0.5, 0.6) is 0 Å². The van der Waals surface area contributed by atoms with E-state index < -0.39 is 8.24 Å². The summed E-state index contributed by atoms with van der Waals surface area (Å²) in [6, 6.07) is 21.9. The van der Waals surface area contributed by atoms with Gasteiger partial charge in [-0.05, 0) is 31.9 Å². The van der Waals surface area contributed by atoms with E-state index in [2.05, 4.69) is 111 Å². The van der Waals surface area contributed by atoms with Gasteiger partial charge >= 0.3 is 18.9 Å². The summed E-state index contributed by atoms with van der Waals surface area (Å²) < 4.78 is 0. The smallest absolute Gasteiger partial charge is 0.392 e. The molecule has 0 aliphatic carbocycles. The third-order valence-corrected chi connectivity index (χ3v) is 9.12. The van der Waals surface area contributed by atoms with Crippen LogP contribution in [0.2, 0.25) is 13.1 Å². The van der Waals surface area contributed by atoms with Crippen molar-refractivity contribution in [2.24, 2.45) is 0 Å². The molecule has 0 amide bonds. The minimum absolute atomic E-state index is 0. The molecular formula is C24H33LiN2Si. The second-order valence-electron chi connectivity index (χ2n) is 8.40. The fourth-order valence-corrected chi connectivity index (χ4v) is 7.45. The molecule has 0 unspecified atom stereocenters. The first-order valence-electron chi connectivity index (χ1n) is 10.1. The van der Waals surface area contributed by atoms with Gasteiger partial charge in [0, 0.05) is 18.3 Å². The fraction of sp³-hybridized carbons (Fsp3) is 0.375. The Bertz CT molecular complexity index is 897. The Kier molecular flexibility index (Phi) is 7.34. The van der Waals surface area contributed by atoms with E-state index in [9.17, 15) is 0 Å². The summed E-state index contributed by atoms with van der Waals surface area (Å²) >= 11 is 0. The van der Waals surface area contributed by atoms with Gasteiger partial charge < -0.3 is 9.88 Å². The molecule has 3 aromatic rings. The van der Waals surface area contributed by atoms with E-state index in [1.807, 2.05) is 0 Å². The zero-order valence-electron chi connectivity index (χ0n) is 18.6. The molecule has 0 saturated carbocycles. The van der Waals surface area contributed by atoms with Crippen molar-refractivity contribution in [1.82, 2.24) is 4.98 Å². The molecule has 3 rings (SSSR count). The van der Waals surface area contributed by atoms with Gasteiger partial charge in [0.15, 0.2) is 0 Å². The van der Waals surface area contributed by atoms with Crippen molar-refractivity contribution in [1.29, 1.82) is 0 Å². The standard InChI is InChI=1S/C24H33N2Si.Li/c1-7-24(3,8-2)25-27(5,6)23-18-22(20-16-12-13-17-21(20)23)26(4)19-14-10-9-11-15-19;/h9-18,25H,7-8H2,1-6H3;/q-1;+1. The first kappa shape index (κ1) is 22.9. The Hall–Kier alpha value is -1.38. The molecule has 0 saturated heterocycles. The van der Waals surface area contributed by atoms with Gasteiger partial charge in [-0.2, -0.15) is 0 Å². The van der Waals surface area contributed by atoms with Gasteiger partial charge in [0.2, 0.25) is 0 Å². The summed E-state index contributed by atoms with van der Waals surface area (Å²) in [6.07, 6.45) is 2.30. The molecular weight excluding hydrogens is 351 g/mol.